The lowest BCUT2D eigenvalue weighted by Crippen LogP contribution is -2.27. The Balaban J connectivity index is 2.56. The Labute approximate surface area is 139 Å². The molecule has 1 aromatic heterocycles. The van der Waals surface area contributed by atoms with Crippen molar-refractivity contribution < 1.29 is 8.42 Å². The molecule has 0 amide bonds. The number of hydrogen-bond donors (Lipinski definition) is 0. The number of benzene rings is 1. The summed E-state index contributed by atoms with van der Waals surface area (Å²) in [4.78, 5) is 9.55. The van der Waals surface area contributed by atoms with E-state index in [4.69, 9.17) is 23.2 Å². The molecule has 0 saturated carbocycles. The summed E-state index contributed by atoms with van der Waals surface area (Å²) in [6.45, 7) is 0. The molecule has 0 N–H and O–H groups in total. The maximum Gasteiger partial charge on any atom is 0.232 e. The van der Waals surface area contributed by atoms with Gasteiger partial charge in [-0.25, -0.2) is 13.4 Å². The van der Waals surface area contributed by atoms with Crippen LogP contribution in [-0.4, -0.2) is 38.7 Å². The van der Waals surface area contributed by atoms with Crippen LogP contribution in [0.15, 0.2) is 30.5 Å². The zero-order valence-electron chi connectivity index (χ0n) is 12.2. The molecule has 0 fully saturated rings. The molecule has 6 nitrogen and oxygen atoms in total. The van der Waals surface area contributed by atoms with Crippen molar-refractivity contribution in [1.82, 2.24) is 9.97 Å². The summed E-state index contributed by atoms with van der Waals surface area (Å²) in [7, 11) is -0.193. The van der Waals surface area contributed by atoms with Crippen LogP contribution in [0.1, 0.15) is 0 Å². The van der Waals surface area contributed by atoms with Crippen LogP contribution in [0.5, 0.6) is 0 Å². The van der Waals surface area contributed by atoms with Gasteiger partial charge in [0, 0.05) is 14.1 Å². The van der Waals surface area contributed by atoms with Crippen molar-refractivity contribution in [2.45, 2.75) is 0 Å². The fraction of sp³-hybridized carbons (Fsp3) is 0.231. The van der Waals surface area contributed by atoms with Gasteiger partial charge in [0.1, 0.15) is 5.02 Å². The van der Waals surface area contributed by atoms with Crippen molar-refractivity contribution in [3.63, 3.8) is 0 Å². The molecule has 0 aliphatic rings. The van der Waals surface area contributed by atoms with Crippen LogP contribution in [-0.2, 0) is 10.0 Å². The number of anilines is 3. The van der Waals surface area contributed by atoms with Gasteiger partial charge in [0.25, 0.3) is 0 Å². The van der Waals surface area contributed by atoms with E-state index in [0.29, 0.717) is 22.2 Å². The highest BCUT2D eigenvalue weighted by atomic mass is 35.5. The van der Waals surface area contributed by atoms with Crippen molar-refractivity contribution in [3.05, 3.63) is 40.8 Å². The van der Waals surface area contributed by atoms with Crippen LogP contribution < -0.4 is 9.21 Å². The summed E-state index contributed by atoms with van der Waals surface area (Å²) < 4.78 is 24.8. The van der Waals surface area contributed by atoms with E-state index >= 15 is 0 Å². The number of aromatic nitrogens is 2. The Morgan fingerprint density at radius 1 is 1.09 bits per heavy atom. The Bertz CT molecular complexity index is 798. The third kappa shape index (κ3) is 3.43. The minimum Gasteiger partial charge on any atom is -0.326 e. The van der Waals surface area contributed by atoms with Gasteiger partial charge in [-0.1, -0.05) is 23.7 Å². The third-order valence-electron chi connectivity index (χ3n) is 3.09. The first-order valence-corrected chi connectivity index (χ1v) is 8.77. The standard InChI is InChI=1S/C13H14Cl2N4O2S/c1-18(12-9(14)8-16-13(15)17-12)10-6-4-5-7-11(10)19(2)22(3,20)21/h4-8H,1-3H3. The van der Waals surface area contributed by atoms with Gasteiger partial charge in [-0.3, -0.25) is 4.31 Å². The summed E-state index contributed by atoms with van der Waals surface area (Å²) in [5.74, 6) is 0.385. The first kappa shape index (κ1) is 16.8. The SMILES string of the molecule is CN(c1ccccc1N(C)S(C)(=O)=O)c1nc(Cl)ncc1Cl. The highest BCUT2D eigenvalue weighted by molar-refractivity contribution is 7.92. The molecular formula is C13H14Cl2N4O2S. The zero-order chi connectivity index (χ0) is 16.5. The largest absolute Gasteiger partial charge is 0.326 e. The highest BCUT2D eigenvalue weighted by Gasteiger charge is 2.20. The summed E-state index contributed by atoms with van der Waals surface area (Å²) in [6, 6.07) is 7.01. The summed E-state index contributed by atoms with van der Waals surface area (Å²) in [6.07, 6.45) is 2.53. The maximum atomic E-state index is 11.8. The molecule has 2 rings (SSSR count). The minimum absolute atomic E-state index is 0.0557. The first-order chi connectivity index (χ1) is 10.2. The lowest BCUT2D eigenvalue weighted by atomic mass is 10.2. The van der Waals surface area contributed by atoms with Crippen molar-refractivity contribution in [3.8, 4) is 0 Å². The molecule has 0 bridgehead atoms. The van der Waals surface area contributed by atoms with E-state index < -0.39 is 10.0 Å². The molecule has 0 atom stereocenters. The number of rotatable bonds is 4. The quantitative estimate of drug-likeness (QED) is 0.784. The summed E-state index contributed by atoms with van der Waals surface area (Å²) in [5.41, 5.74) is 1.12. The number of hydrogen-bond acceptors (Lipinski definition) is 5. The van der Waals surface area contributed by atoms with Crippen molar-refractivity contribution >= 4 is 50.4 Å². The average molecular weight is 361 g/mol. The Hall–Kier alpha value is -1.57. The van der Waals surface area contributed by atoms with Crippen molar-refractivity contribution in [2.24, 2.45) is 0 Å². The fourth-order valence-electron chi connectivity index (χ4n) is 1.88. The first-order valence-electron chi connectivity index (χ1n) is 6.16. The maximum absolute atomic E-state index is 11.8. The smallest absolute Gasteiger partial charge is 0.232 e. The molecule has 0 radical (unpaired) electrons. The van der Waals surface area contributed by atoms with E-state index in [1.165, 1.54) is 17.5 Å². The average Bonchev–Trinajstić information content (AvgIpc) is 2.47. The molecular weight excluding hydrogens is 347 g/mol. The molecule has 0 spiro atoms. The van der Waals surface area contributed by atoms with Crippen LogP contribution in [0.25, 0.3) is 0 Å². The lowest BCUT2D eigenvalue weighted by molar-refractivity contribution is 0.600. The molecule has 1 aromatic carbocycles. The van der Waals surface area contributed by atoms with Gasteiger partial charge < -0.3 is 4.90 Å². The van der Waals surface area contributed by atoms with Gasteiger partial charge in [0.15, 0.2) is 5.82 Å². The summed E-state index contributed by atoms with van der Waals surface area (Å²) in [5, 5.41) is 0.365. The van der Waals surface area contributed by atoms with Crippen molar-refractivity contribution in [1.29, 1.82) is 0 Å². The van der Waals surface area contributed by atoms with Gasteiger partial charge >= 0.3 is 0 Å². The Morgan fingerprint density at radius 2 is 1.68 bits per heavy atom. The van der Waals surface area contributed by atoms with E-state index in [0.717, 1.165) is 6.26 Å². The van der Waals surface area contributed by atoms with E-state index in [1.54, 1.807) is 36.2 Å². The van der Waals surface area contributed by atoms with Gasteiger partial charge in [-0.15, -0.1) is 0 Å². The van der Waals surface area contributed by atoms with E-state index in [-0.39, 0.29) is 5.28 Å². The van der Waals surface area contributed by atoms with Crippen LogP contribution in [0.2, 0.25) is 10.3 Å². The third-order valence-corrected chi connectivity index (χ3v) is 4.73. The van der Waals surface area contributed by atoms with Crippen LogP contribution in [0.4, 0.5) is 17.2 Å². The second-order valence-corrected chi connectivity index (χ2v) is 7.35. The molecule has 0 aliphatic carbocycles. The number of sulfonamides is 1. The molecule has 118 valence electrons. The van der Waals surface area contributed by atoms with Gasteiger partial charge in [-0.2, -0.15) is 4.98 Å². The predicted octanol–water partition coefficient (Wildman–Crippen LogP) is 2.95. The molecule has 2 aromatic rings. The molecule has 9 heteroatoms. The van der Waals surface area contributed by atoms with E-state index in [9.17, 15) is 8.42 Å². The van der Waals surface area contributed by atoms with Gasteiger partial charge in [0.2, 0.25) is 15.3 Å². The molecule has 0 aliphatic heterocycles. The van der Waals surface area contributed by atoms with Crippen LogP contribution in [0.3, 0.4) is 0 Å². The fourth-order valence-corrected chi connectivity index (χ4v) is 2.74. The molecule has 0 saturated heterocycles. The highest BCUT2D eigenvalue weighted by Crippen LogP contribution is 2.35. The topological polar surface area (TPSA) is 66.4 Å². The second-order valence-electron chi connectivity index (χ2n) is 4.59. The Morgan fingerprint density at radius 3 is 2.27 bits per heavy atom. The second kappa shape index (κ2) is 6.28. The van der Waals surface area contributed by atoms with E-state index in [1.807, 2.05) is 0 Å². The lowest BCUT2D eigenvalue weighted by Gasteiger charge is -2.26. The number of halogens is 2. The van der Waals surface area contributed by atoms with Gasteiger partial charge in [-0.05, 0) is 23.7 Å². The zero-order valence-corrected chi connectivity index (χ0v) is 14.5. The monoisotopic (exact) mass is 360 g/mol. The number of nitrogens with zero attached hydrogens (tertiary/aromatic N) is 4. The normalized spacial score (nSPS) is 11.3. The Kier molecular flexibility index (Phi) is 4.79. The number of para-hydroxylation sites is 2. The van der Waals surface area contributed by atoms with Crippen molar-refractivity contribution in [2.75, 3.05) is 29.6 Å². The van der Waals surface area contributed by atoms with Gasteiger partial charge in [0.05, 0.1) is 23.8 Å². The van der Waals surface area contributed by atoms with Crippen LogP contribution in [0, 0.1) is 0 Å². The molecule has 22 heavy (non-hydrogen) atoms. The molecule has 0 unspecified atom stereocenters. The van der Waals surface area contributed by atoms with E-state index in [2.05, 4.69) is 9.97 Å². The van der Waals surface area contributed by atoms with Crippen LogP contribution >= 0.6 is 23.2 Å². The summed E-state index contributed by atoms with van der Waals surface area (Å²) >= 11 is 11.9. The predicted molar refractivity (Wildman–Crippen MR) is 89.8 cm³/mol. The minimum atomic E-state index is -3.40. The molecule has 1 heterocycles.